The van der Waals surface area contributed by atoms with E-state index in [0.717, 1.165) is 31.6 Å². The van der Waals surface area contributed by atoms with Crippen molar-refractivity contribution in [3.63, 3.8) is 0 Å². The number of amides is 2. The van der Waals surface area contributed by atoms with Crippen LogP contribution in [0.2, 0.25) is 0 Å². The van der Waals surface area contributed by atoms with Crippen molar-refractivity contribution in [2.24, 2.45) is 11.8 Å². The molecule has 0 bridgehead atoms. The number of para-hydroxylation sites is 1. The topological polar surface area (TPSA) is 60.9 Å². The number of piperidine rings is 1. The lowest BCUT2D eigenvalue weighted by Gasteiger charge is -2.33. The summed E-state index contributed by atoms with van der Waals surface area (Å²) in [5.41, 5.74) is 1.40. The number of halogens is 1. The summed E-state index contributed by atoms with van der Waals surface area (Å²) in [4.78, 5) is 43.7. The van der Waals surface area contributed by atoms with Gasteiger partial charge >= 0.3 is 0 Å². The lowest BCUT2D eigenvalue weighted by Crippen LogP contribution is -2.44. The highest BCUT2D eigenvalue weighted by Gasteiger charge is 2.35. The van der Waals surface area contributed by atoms with E-state index in [9.17, 15) is 18.8 Å². The Morgan fingerprint density at radius 3 is 2.27 bits per heavy atom. The Balaban J connectivity index is 1.35. The highest BCUT2D eigenvalue weighted by Crippen LogP contribution is 2.25. The van der Waals surface area contributed by atoms with Crippen LogP contribution in [-0.4, -0.2) is 67.2 Å². The van der Waals surface area contributed by atoms with Crippen molar-refractivity contribution in [1.29, 1.82) is 0 Å². The first kappa shape index (κ1) is 23.1. The van der Waals surface area contributed by atoms with Gasteiger partial charge < -0.3 is 14.7 Å². The molecule has 1 unspecified atom stereocenters. The maximum absolute atomic E-state index is 13.3. The normalized spacial score (nSPS) is 19.6. The molecule has 2 aliphatic heterocycles. The molecule has 2 aromatic rings. The van der Waals surface area contributed by atoms with E-state index in [-0.39, 0.29) is 41.7 Å². The van der Waals surface area contributed by atoms with E-state index >= 15 is 0 Å². The van der Waals surface area contributed by atoms with Gasteiger partial charge in [-0.1, -0.05) is 18.2 Å². The zero-order valence-corrected chi connectivity index (χ0v) is 19.0. The molecule has 0 aliphatic carbocycles. The number of rotatable bonds is 7. The number of hydrogen-bond donors (Lipinski definition) is 0. The quantitative estimate of drug-likeness (QED) is 0.607. The van der Waals surface area contributed by atoms with Gasteiger partial charge in [-0.2, -0.15) is 0 Å². The lowest BCUT2D eigenvalue weighted by atomic mass is 9.89. The minimum absolute atomic E-state index is 0.00857. The average molecular weight is 452 g/mol. The molecule has 0 radical (unpaired) electrons. The fourth-order valence-electron chi connectivity index (χ4n) is 4.73. The van der Waals surface area contributed by atoms with E-state index in [4.69, 9.17) is 0 Å². The third-order valence-corrected chi connectivity index (χ3v) is 6.75. The van der Waals surface area contributed by atoms with Crippen molar-refractivity contribution in [2.45, 2.75) is 19.3 Å². The highest BCUT2D eigenvalue weighted by atomic mass is 19.1. The average Bonchev–Trinajstić information content (AvgIpc) is 3.18. The van der Waals surface area contributed by atoms with Crippen LogP contribution in [0.3, 0.4) is 0 Å². The molecule has 0 aromatic heterocycles. The minimum Gasteiger partial charge on any atom is -0.345 e. The first-order chi connectivity index (χ1) is 15.9. The largest absolute Gasteiger partial charge is 0.345 e. The Morgan fingerprint density at radius 1 is 1.00 bits per heavy atom. The monoisotopic (exact) mass is 451 g/mol. The van der Waals surface area contributed by atoms with Crippen molar-refractivity contribution in [3.8, 4) is 0 Å². The number of carbonyl (C=O) groups excluding carboxylic acids is 3. The maximum Gasteiger partial charge on any atom is 0.232 e. The number of Topliss-reactive ketones (excluding diaryl/α,β-unsaturated/α-hetero) is 1. The first-order valence-corrected chi connectivity index (χ1v) is 11.5. The fourth-order valence-corrected chi connectivity index (χ4v) is 4.73. The van der Waals surface area contributed by atoms with Crippen LogP contribution in [0.5, 0.6) is 0 Å². The van der Waals surface area contributed by atoms with Gasteiger partial charge in [0.2, 0.25) is 11.8 Å². The maximum atomic E-state index is 13.3. The molecule has 33 heavy (non-hydrogen) atoms. The zero-order valence-electron chi connectivity index (χ0n) is 19.0. The number of hydrogen-bond acceptors (Lipinski definition) is 4. The van der Waals surface area contributed by atoms with Crippen LogP contribution in [0, 0.1) is 17.7 Å². The lowest BCUT2D eigenvalue weighted by molar-refractivity contribution is -0.127. The van der Waals surface area contributed by atoms with Crippen LogP contribution in [0.4, 0.5) is 10.1 Å². The van der Waals surface area contributed by atoms with Crippen LogP contribution < -0.4 is 4.90 Å². The van der Waals surface area contributed by atoms with E-state index in [0.29, 0.717) is 25.2 Å². The van der Waals surface area contributed by atoms with Crippen LogP contribution in [-0.2, 0) is 9.59 Å². The van der Waals surface area contributed by atoms with E-state index in [1.807, 2.05) is 30.3 Å². The number of carbonyl (C=O) groups is 3. The van der Waals surface area contributed by atoms with Crippen LogP contribution in [0.1, 0.15) is 29.6 Å². The van der Waals surface area contributed by atoms with E-state index in [2.05, 4.69) is 4.90 Å². The smallest absolute Gasteiger partial charge is 0.232 e. The first-order valence-electron chi connectivity index (χ1n) is 11.5. The second kappa shape index (κ2) is 10.3. The standard InChI is InChI=1S/C26H30FN3O3/c1-28-18-21(17-24(28)31)26(33)30(23-5-3-2-4-6-23)16-15-29-13-11-20(12-14-29)25(32)19-7-9-22(27)10-8-19/h2-10,20-21H,11-18H2,1H3. The molecular formula is C26H30FN3O3. The van der Waals surface area contributed by atoms with Gasteiger partial charge in [-0.3, -0.25) is 14.4 Å². The summed E-state index contributed by atoms with van der Waals surface area (Å²) in [5, 5.41) is 0. The van der Waals surface area contributed by atoms with Gasteiger partial charge in [0.25, 0.3) is 0 Å². The minimum atomic E-state index is -0.340. The SMILES string of the molecule is CN1CC(C(=O)N(CCN2CCC(C(=O)c3ccc(F)cc3)CC2)c2ccccc2)CC1=O. The molecule has 1 atom stereocenters. The molecule has 2 amide bonds. The molecule has 0 spiro atoms. The molecular weight excluding hydrogens is 421 g/mol. The van der Waals surface area contributed by atoms with Gasteiger partial charge in [0.15, 0.2) is 5.78 Å². The number of nitrogens with zero attached hydrogens (tertiary/aromatic N) is 3. The number of ketones is 1. The van der Waals surface area contributed by atoms with Gasteiger partial charge in [-0.25, -0.2) is 4.39 Å². The third kappa shape index (κ3) is 5.47. The molecule has 0 saturated carbocycles. The van der Waals surface area contributed by atoms with Crippen molar-refractivity contribution in [1.82, 2.24) is 9.80 Å². The van der Waals surface area contributed by atoms with Crippen LogP contribution >= 0.6 is 0 Å². The second-order valence-corrected chi connectivity index (χ2v) is 8.99. The predicted octanol–water partition coefficient (Wildman–Crippen LogP) is 3.23. The third-order valence-electron chi connectivity index (χ3n) is 6.75. The fraction of sp³-hybridized carbons (Fsp3) is 0.423. The van der Waals surface area contributed by atoms with Crippen LogP contribution in [0.25, 0.3) is 0 Å². The molecule has 4 rings (SSSR count). The predicted molar refractivity (Wildman–Crippen MR) is 124 cm³/mol. The molecule has 2 fully saturated rings. The van der Waals surface area contributed by atoms with Gasteiger partial charge in [-0.05, 0) is 62.3 Å². The van der Waals surface area contributed by atoms with E-state index in [1.165, 1.54) is 12.1 Å². The highest BCUT2D eigenvalue weighted by molar-refractivity contribution is 5.99. The summed E-state index contributed by atoms with van der Waals surface area (Å²) in [6, 6.07) is 15.3. The summed E-state index contributed by atoms with van der Waals surface area (Å²) in [6.45, 7) is 3.25. The molecule has 2 aliphatic rings. The van der Waals surface area contributed by atoms with Gasteiger partial charge in [0.05, 0.1) is 5.92 Å². The Morgan fingerprint density at radius 2 is 1.67 bits per heavy atom. The van der Waals surface area contributed by atoms with E-state index in [1.54, 1.807) is 29.0 Å². The summed E-state index contributed by atoms with van der Waals surface area (Å²) >= 11 is 0. The Hall–Kier alpha value is -3.06. The van der Waals surface area contributed by atoms with Crippen molar-refractivity contribution < 1.29 is 18.8 Å². The summed E-state index contributed by atoms with van der Waals surface area (Å²) in [5.74, 6) is -0.645. The molecule has 2 saturated heterocycles. The summed E-state index contributed by atoms with van der Waals surface area (Å²) < 4.78 is 13.1. The van der Waals surface area contributed by atoms with Crippen molar-refractivity contribution >= 4 is 23.3 Å². The molecule has 2 aromatic carbocycles. The van der Waals surface area contributed by atoms with Crippen molar-refractivity contribution in [2.75, 3.05) is 44.7 Å². The molecule has 174 valence electrons. The van der Waals surface area contributed by atoms with Gasteiger partial charge in [-0.15, -0.1) is 0 Å². The summed E-state index contributed by atoms with van der Waals surface area (Å²) in [6.07, 6.45) is 1.75. The molecule has 0 N–H and O–H groups in total. The van der Waals surface area contributed by atoms with Crippen molar-refractivity contribution in [3.05, 3.63) is 66.0 Å². The Kier molecular flexibility index (Phi) is 7.18. The molecule has 6 nitrogen and oxygen atoms in total. The van der Waals surface area contributed by atoms with Gasteiger partial charge in [0.1, 0.15) is 5.82 Å². The van der Waals surface area contributed by atoms with Crippen LogP contribution in [0.15, 0.2) is 54.6 Å². The molecule has 2 heterocycles. The Bertz CT molecular complexity index is 988. The van der Waals surface area contributed by atoms with Gasteiger partial charge in [0, 0.05) is 50.3 Å². The second-order valence-electron chi connectivity index (χ2n) is 8.99. The zero-order chi connectivity index (χ0) is 23.4. The number of anilines is 1. The number of likely N-dealkylation sites (tertiary alicyclic amines) is 2. The molecule has 7 heteroatoms. The van der Waals surface area contributed by atoms with E-state index < -0.39 is 0 Å². The Labute approximate surface area is 194 Å². The summed E-state index contributed by atoms with van der Waals surface area (Å²) in [7, 11) is 1.74. The number of benzene rings is 2.